The highest BCUT2D eigenvalue weighted by Gasteiger charge is 2.54. The molecule has 1 aliphatic heterocycles. The molecule has 14 heavy (non-hydrogen) atoms. The molecular formula is C9H15F2NO2. The molecule has 0 aliphatic carbocycles. The normalized spacial score (nSPS) is 20.6. The van der Waals surface area contributed by atoms with Gasteiger partial charge in [-0.15, -0.1) is 0 Å². The minimum Gasteiger partial charge on any atom is -0.477 e. The summed E-state index contributed by atoms with van der Waals surface area (Å²) in [5.74, 6) is -6.64. The smallest absolute Gasteiger partial charge is 0.374 e. The van der Waals surface area contributed by atoms with Gasteiger partial charge in [-0.25, -0.2) is 4.79 Å². The summed E-state index contributed by atoms with van der Waals surface area (Å²) in [7, 11) is 0. The number of nitrogens with zero attached hydrogens (tertiary/aromatic N) is 1. The van der Waals surface area contributed by atoms with E-state index in [0.29, 0.717) is 0 Å². The average Bonchev–Trinajstić information content (AvgIpc) is 1.77. The van der Waals surface area contributed by atoms with Crippen molar-refractivity contribution >= 4 is 5.97 Å². The lowest BCUT2D eigenvalue weighted by molar-refractivity contribution is -0.188. The maximum Gasteiger partial charge on any atom is 0.374 e. The van der Waals surface area contributed by atoms with E-state index < -0.39 is 17.8 Å². The number of carbonyl (C=O) groups is 1. The van der Waals surface area contributed by atoms with E-state index in [9.17, 15) is 13.6 Å². The molecule has 1 aliphatic rings. The first-order valence-corrected chi connectivity index (χ1v) is 4.52. The number of hydrogen-bond donors (Lipinski definition) is 1. The topological polar surface area (TPSA) is 40.5 Å². The number of carboxylic acid groups (broad SMARTS) is 1. The Morgan fingerprint density at radius 2 is 1.79 bits per heavy atom. The first kappa shape index (κ1) is 11.4. The van der Waals surface area contributed by atoms with Crippen molar-refractivity contribution in [3.05, 3.63) is 0 Å². The second-order valence-electron chi connectivity index (χ2n) is 4.70. The van der Waals surface area contributed by atoms with Crippen LogP contribution in [0.1, 0.15) is 20.8 Å². The van der Waals surface area contributed by atoms with Gasteiger partial charge in [-0.2, -0.15) is 8.78 Å². The van der Waals surface area contributed by atoms with Gasteiger partial charge in [0.2, 0.25) is 0 Å². The Bertz CT molecular complexity index is 242. The molecule has 0 spiro atoms. The van der Waals surface area contributed by atoms with Gasteiger partial charge in [0, 0.05) is 18.6 Å². The Hall–Kier alpha value is -0.710. The zero-order chi connectivity index (χ0) is 11.1. The summed E-state index contributed by atoms with van der Waals surface area (Å²) in [4.78, 5) is 12.1. The van der Waals surface area contributed by atoms with Gasteiger partial charge in [-0.1, -0.05) is 0 Å². The minimum atomic E-state index is -3.58. The molecular weight excluding hydrogens is 192 g/mol. The highest BCUT2D eigenvalue weighted by molar-refractivity contribution is 5.76. The van der Waals surface area contributed by atoms with E-state index in [4.69, 9.17) is 5.11 Å². The van der Waals surface area contributed by atoms with Gasteiger partial charge in [0.15, 0.2) is 0 Å². The van der Waals surface area contributed by atoms with Crippen molar-refractivity contribution in [3.8, 4) is 0 Å². The van der Waals surface area contributed by atoms with E-state index in [0.717, 1.165) is 0 Å². The Balaban J connectivity index is 2.53. The lowest BCUT2D eigenvalue weighted by atomic mass is 9.88. The zero-order valence-electron chi connectivity index (χ0n) is 8.55. The number of alkyl halides is 2. The Morgan fingerprint density at radius 1 is 1.36 bits per heavy atom. The van der Waals surface area contributed by atoms with Crippen molar-refractivity contribution in [1.82, 2.24) is 4.90 Å². The summed E-state index contributed by atoms with van der Waals surface area (Å²) >= 11 is 0. The van der Waals surface area contributed by atoms with E-state index in [1.54, 1.807) is 0 Å². The highest BCUT2D eigenvalue weighted by Crippen LogP contribution is 2.36. The molecule has 1 saturated heterocycles. The third kappa shape index (κ3) is 1.87. The third-order valence-electron chi connectivity index (χ3n) is 2.63. The van der Waals surface area contributed by atoms with E-state index in [1.807, 2.05) is 25.7 Å². The average molecular weight is 207 g/mol. The summed E-state index contributed by atoms with van der Waals surface area (Å²) in [6, 6.07) is 0. The lowest BCUT2D eigenvalue weighted by Crippen LogP contribution is -2.62. The van der Waals surface area contributed by atoms with Crippen LogP contribution >= 0.6 is 0 Å². The van der Waals surface area contributed by atoms with Crippen molar-refractivity contribution < 1.29 is 18.7 Å². The number of aliphatic carboxylic acids is 1. The largest absolute Gasteiger partial charge is 0.477 e. The molecule has 0 radical (unpaired) electrons. The van der Waals surface area contributed by atoms with E-state index in [-0.39, 0.29) is 18.6 Å². The number of rotatable bonds is 2. The Kier molecular flexibility index (Phi) is 2.56. The van der Waals surface area contributed by atoms with Crippen molar-refractivity contribution in [2.24, 2.45) is 5.92 Å². The summed E-state index contributed by atoms with van der Waals surface area (Å²) in [5, 5.41) is 8.30. The SMILES string of the molecule is CC(C)(C)N1CC(C(F)(F)C(=O)O)C1. The highest BCUT2D eigenvalue weighted by atomic mass is 19.3. The Labute approximate surface area is 81.7 Å². The van der Waals surface area contributed by atoms with E-state index in [2.05, 4.69) is 0 Å². The molecule has 3 nitrogen and oxygen atoms in total. The van der Waals surface area contributed by atoms with Crippen LogP contribution in [0.15, 0.2) is 0 Å². The predicted octanol–water partition coefficient (Wildman–Crippen LogP) is 1.44. The first-order valence-electron chi connectivity index (χ1n) is 4.52. The predicted molar refractivity (Wildman–Crippen MR) is 47.4 cm³/mol. The van der Waals surface area contributed by atoms with Crippen LogP contribution < -0.4 is 0 Å². The van der Waals surface area contributed by atoms with Crippen LogP contribution in [0.5, 0.6) is 0 Å². The maximum atomic E-state index is 12.9. The molecule has 0 aromatic heterocycles. The van der Waals surface area contributed by atoms with Crippen LogP contribution in [-0.4, -0.2) is 40.5 Å². The van der Waals surface area contributed by atoms with Gasteiger partial charge >= 0.3 is 11.9 Å². The second kappa shape index (κ2) is 3.15. The second-order valence-corrected chi connectivity index (χ2v) is 4.70. The van der Waals surface area contributed by atoms with Crippen molar-refractivity contribution in [1.29, 1.82) is 0 Å². The maximum absolute atomic E-state index is 12.9. The van der Waals surface area contributed by atoms with E-state index >= 15 is 0 Å². The lowest BCUT2D eigenvalue weighted by Gasteiger charge is -2.48. The molecule has 0 atom stereocenters. The molecule has 0 bridgehead atoms. The van der Waals surface area contributed by atoms with Crippen LogP contribution in [-0.2, 0) is 4.79 Å². The van der Waals surface area contributed by atoms with Gasteiger partial charge in [-0.05, 0) is 20.8 Å². The Morgan fingerprint density at radius 3 is 2.07 bits per heavy atom. The fourth-order valence-corrected chi connectivity index (χ4v) is 1.43. The summed E-state index contributed by atoms with van der Waals surface area (Å²) in [6.45, 7) is 6.07. The molecule has 0 aromatic rings. The van der Waals surface area contributed by atoms with Crippen LogP contribution in [0.2, 0.25) is 0 Å². The van der Waals surface area contributed by atoms with Gasteiger partial charge in [0.25, 0.3) is 0 Å². The molecule has 0 amide bonds. The van der Waals surface area contributed by atoms with Gasteiger partial charge in [0.1, 0.15) is 0 Å². The van der Waals surface area contributed by atoms with Gasteiger partial charge in [-0.3, -0.25) is 4.90 Å². The fourth-order valence-electron chi connectivity index (χ4n) is 1.43. The zero-order valence-corrected chi connectivity index (χ0v) is 8.55. The minimum absolute atomic E-state index is 0.156. The number of hydrogen-bond acceptors (Lipinski definition) is 2. The monoisotopic (exact) mass is 207 g/mol. The molecule has 1 heterocycles. The molecule has 1 rings (SSSR count). The summed E-state index contributed by atoms with van der Waals surface area (Å²) in [5.41, 5.74) is -0.162. The molecule has 0 aromatic carbocycles. The van der Waals surface area contributed by atoms with Crippen molar-refractivity contribution in [3.63, 3.8) is 0 Å². The number of likely N-dealkylation sites (tertiary alicyclic amines) is 1. The van der Waals surface area contributed by atoms with E-state index in [1.165, 1.54) is 0 Å². The third-order valence-corrected chi connectivity index (χ3v) is 2.63. The molecule has 1 fully saturated rings. The summed E-state index contributed by atoms with van der Waals surface area (Å²) in [6.07, 6.45) is 0. The first-order chi connectivity index (χ1) is 6.15. The van der Waals surface area contributed by atoms with Crippen LogP contribution in [0, 0.1) is 5.92 Å². The van der Waals surface area contributed by atoms with Crippen molar-refractivity contribution in [2.45, 2.75) is 32.2 Å². The molecule has 0 saturated carbocycles. The van der Waals surface area contributed by atoms with Crippen LogP contribution in [0.4, 0.5) is 8.78 Å². The number of carboxylic acids is 1. The van der Waals surface area contributed by atoms with Crippen LogP contribution in [0.3, 0.4) is 0 Å². The summed E-state index contributed by atoms with van der Waals surface area (Å²) < 4.78 is 25.9. The fraction of sp³-hybridized carbons (Fsp3) is 0.889. The standard InChI is InChI=1S/C9H15F2NO2/c1-8(2,3)12-4-6(5-12)9(10,11)7(13)14/h6H,4-5H2,1-3H3,(H,13,14). The van der Waals surface area contributed by atoms with Gasteiger partial charge < -0.3 is 5.11 Å². The quantitative estimate of drug-likeness (QED) is 0.744. The van der Waals surface area contributed by atoms with Gasteiger partial charge in [0.05, 0.1) is 5.92 Å². The molecule has 5 heteroatoms. The van der Waals surface area contributed by atoms with Crippen molar-refractivity contribution in [2.75, 3.05) is 13.1 Å². The number of halogens is 2. The molecule has 0 unspecified atom stereocenters. The molecule has 1 N–H and O–H groups in total. The van der Waals surface area contributed by atoms with Crippen LogP contribution in [0.25, 0.3) is 0 Å². The molecule has 82 valence electrons.